The molecule has 0 aliphatic rings. The van der Waals surface area contributed by atoms with Gasteiger partial charge in [0.25, 0.3) is 0 Å². The Morgan fingerprint density at radius 3 is 2.29 bits per heavy atom. The molecule has 0 fully saturated rings. The molecule has 0 spiro atoms. The lowest BCUT2D eigenvalue weighted by Gasteiger charge is -2.12. The molecule has 0 amide bonds. The number of carbonyl (C=O) groups is 1. The third-order valence-corrected chi connectivity index (χ3v) is 3.20. The molecule has 0 aliphatic heterocycles. The number of hydrazone groups is 1. The molecule has 0 saturated heterocycles. The molecule has 2 rings (SSSR count). The van der Waals surface area contributed by atoms with E-state index in [0.717, 1.165) is 5.56 Å². The SMILES string of the molecule is COc1cc(C=NNc2cccc(C(=O)O)c2)cc(OC)c1OC. The second-order valence-corrected chi connectivity index (χ2v) is 4.71. The van der Waals surface area contributed by atoms with Crippen LogP contribution in [0.4, 0.5) is 5.69 Å². The fourth-order valence-electron chi connectivity index (χ4n) is 2.08. The van der Waals surface area contributed by atoms with Gasteiger partial charge in [0, 0.05) is 5.56 Å². The van der Waals surface area contributed by atoms with Gasteiger partial charge >= 0.3 is 5.97 Å². The Kier molecular flexibility index (Phi) is 5.62. The van der Waals surface area contributed by atoms with Crippen molar-refractivity contribution < 1.29 is 24.1 Å². The quantitative estimate of drug-likeness (QED) is 0.599. The molecule has 2 aromatic carbocycles. The van der Waals surface area contributed by atoms with E-state index in [1.165, 1.54) is 33.5 Å². The van der Waals surface area contributed by atoms with E-state index in [1.807, 2.05) is 0 Å². The van der Waals surface area contributed by atoms with Gasteiger partial charge in [0.15, 0.2) is 11.5 Å². The molecular weight excluding hydrogens is 312 g/mol. The summed E-state index contributed by atoms with van der Waals surface area (Å²) in [6.07, 6.45) is 1.57. The Labute approximate surface area is 139 Å². The van der Waals surface area contributed by atoms with Gasteiger partial charge in [0.1, 0.15) is 0 Å². The normalized spacial score (nSPS) is 10.5. The summed E-state index contributed by atoms with van der Waals surface area (Å²) >= 11 is 0. The van der Waals surface area contributed by atoms with Gasteiger partial charge in [-0.05, 0) is 30.3 Å². The first kappa shape index (κ1) is 17.1. The van der Waals surface area contributed by atoms with E-state index in [0.29, 0.717) is 22.9 Å². The number of hydrogen-bond donors (Lipinski definition) is 2. The number of ether oxygens (including phenoxy) is 3. The van der Waals surface area contributed by atoms with Crippen LogP contribution in [0.15, 0.2) is 41.5 Å². The maximum Gasteiger partial charge on any atom is 0.335 e. The summed E-state index contributed by atoms with van der Waals surface area (Å²) in [5.74, 6) is 0.545. The number of rotatable bonds is 7. The van der Waals surface area contributed by atoms with Crippen LogP contribution in [0.1, 0.15) is 15.9 Å². The highest BCUT2D eigenvalue weighted by molar-refractivity contribution is 5.89. The Morgan fingerprint density at radius 1 is 1.08 bits per heavy atom. The van der Waals surface area contributed by atoms with Crippen molar-refractivity contribution in [1.82, 2.24) is 0 Å². The molecule has 0 bridgehead atoms. The number of carboxylic acids is 1. The summed E-state index contributed by atoms with van der Waals surface area (Å²) in [6, 6.07) is 9.87. The zero-order valence-corrected chi connectivity index (χ0v) is 13.6. The van der Waals surface area contributed by atoms with Crippen LogP contribution in [-0.2, 0) is 0 Å². The van der Waals surface area contributed by atoms with Crippen molar-refractivity contribution in [3.05, 3.63) is 47.5 Å². The Balaban J connectivity index is 2.20. The highest BCUT2D eigenvalue weighted by Gasteiger charge is 2.12. The average Bonchev–Trinajstić information content (AvgIpc) is 2.61. The summed E-state index contributed by atoms with van der Waals surface area (Å²) in [6.45, 7) is 0. The first-order chi connectivity index (χ1) is 11.6. The lowest BCUT2D eigenvalue weighted by molar-refractivity contribution is 0.0697. The van der Waals surface area contributed by atoms with Crippen LogP contribution in [0.25, 0.3) is 0 Å². The largest absolute Gasteiger partial charge is 0.493 e. The molecule has 0 aliphatic carbocycles. The molecule has 7 nitrogen and oxygen atoms in total. The minimum Gasteiger partial charge on any atom is -0.493 e. The van der Waals surface area contributed by atoms with Crippen molar-refractivity contribution in [2.24, 2.45) is 5.10 Å². The van der Waals surface area contributed by atoms with Crippen LogP contribution < -0.4 is 19.6 Å². The maximum absolute atomic E-state index is 10.9. The number of aromatic carboxylic acids is 1. The van der Waals surface area contributed by atoms with Crippen molar-refractivity contribution >= 4 is 17.9 Å². The van der Waals surface area contributed by atoms with Crippen LogP contribution in [-0.4, -0.2) is 38.6 Å². The molecule has 2 aromatic rings. The highest BCUT2D eigenvalue weighted by Crippen LogP contribution is 2.37. The summed E-state index contributed by atoms with van der Waals surface area (Å²) in [5.41, 5.74) is 4.26. The van der Waals surface area contributed by atoms with Gasteiger partial charge in [-0.1, -0.05) is 6.07 Å². The first-order valence-corrected chi connectivity index (χ1v) is 7.01. The molecular formula is C17H18N2O5. The minimum atomic E-state index is -0.993. The summed E-state index contributed by atoms with van der Waals surface area (Å²) in [5, 5.41) is 13.1. The monoisotopic (exact) mass is 330 g/mol. The zero-order valence-electron chi connectivity index (χ0n) is 13.6. The summed E-state index contributed by atoms with van der Waals surface area (Å²) in [4.78, 5) is 10.9. The third kappa shape index (κ3) is 3.95. The predicted octanol–water partition coefficient (Wildman–Crippen LogP) is 2.86. The van der Waals surface area contributed by atoms with Crippen molar-refractivity contribution in [1.29, 1.82) is 0 Å². The fourth-order valence-corrected chi connectivity index (χ4v) is 2.08. The number of methoxy groups -OCH3 is 3. The molecule has 0 unspecified atom stereocenters. The van der Waals surface area contributed by atoms with Gasteiger partial charge in [-0.15, -0.1) is 0 Å². The lowest BCUT2D eigenvalue weighted by atomic mass is 10.2. The number of benzene rings is 2. The van der Waals surface area contributed by atoms with Gasteiger partial charge in [-0.25, -0.2) is 4.79 Å². The Morgan fingerprint density at radius 2 is 1.75 bits per heavy atom. The van der Waals surface area contributed by atoms with E-state index in [4.69, 9.17) is 19.3 Å². The van der Waals surface area contributed by atoms with Gasteiger partial charge < -0.3 is 19.3 Å². The number of carboxylic acid groups (broad SMARTS) is 1. The number of hydrogen-bond acceptors (Lipinski definition) is 6. The average molecular weight is 330 g/mol. The summed E-state index contributed by atoms with van der Waals surface area (Å²) < 4.78 is 15.8. The Bertz CT molecular complexity index is 733. The van der Waals surface area contributed by atoms with Gasteiger partial charge in [-0.2, -0.15) is 5.10 Å². The van der Waals surface area contributed by atoms with Gasteiger partial charge in [0.2, 0.25) is 5.75 Å². The highest BCUT2D eigenvalue weighted by atomic mass is 16.5. The second kappa shape index (κ2) is 7.87. The number of nitrogens with zero attached hydrogens (tertiary/aromatic N) is 1. The van der Waals surface area contributed by atoms with Gasteiger partial charge in [0.05, 0.1) is 38.8 Å². The molecule has 0 heterocycles. The van der Waals surface area contributed by atoms with Crippen LogP contribution in [0.2, 0.25) is 0 Å². The maximum atomic E-state index is 10.9. The third-order valence-electron chi connectivity index (χ3n) is 3.20. The minimum absolute atomic E-state index is 0.183. The first-order valence-electron chi connectivity index (χ1n) is 7.01. The van der Waals surface area contributed by atoms with Gasteiger partial charge in [-0.3, -0.25) is 5.43 Å². The number of nitrogens with one attached hydrogen (secondary N) is 1. The summed E-state index contributed by atoms with van der Waals surface area (Å²) in [7, 11) is 4.60. The van der Waals surface area contributed by atoms with Crippen molar-refractivity contribution in [2.45, 2.75) is 0 Å². The van der Waals surface area contributed by atoms with E-state index >= 15 is 0 Å². The molecule has 2 N–H and O–H groups in total. The van der Waals surface area contributed by atoms with E-state index < -0.39 is 5.97 Å². The molecule has 0 radical (unpaired) electrons. The van der Waals surface area contributed by atoms with Crippen LogP contribution in [0.5, 0.6) is 17.2 Å². The lowest BCUT2D eigenvalue weighted by Crippen LogP contribution is -1.99. The molecule has 24 heavy (non-hydrogen) atoms. The standard InChI is InChI=1S/C17H18N2O5/c1-22-14-7-11(8-15(23-2)16(14)24-3)10-18-19-13-6-4-5-12(9-13)17(20)21/h4-10,19H,1-3H3,(H,20,21). The smallest absolute Gasteiger partial charge is 0.335 e. The molecule has 0 saturated carbocycles. The second-order valence-electron chi connectivity index (χ2n) is 4.71. The number of anilines is 1. The van der Waals surface area contributed by atoms with Crippen LogP contribution in [0.3, 0.4) is 0 Å². The molecule has 0 aromatic heterocycles. The molecule has 126 valence electrons. The zero-order chi connectivity index (χ0) is 17.5. The van der Waals surface area contributed by atoms with Crippen LogP contribution >= 0.6 is 0 Å². The topological polar surface area (TPSA) is 89.4 Å². The van der Waals surface area contributed by atoms with Crippen molar-refractivity contribution in [3.63, 3.8) is 0 Å². The molecule has 7 heteroatoms. The molecule has 0 atom stereocenters. The van der Waals surface area contributed by atoms with Crippen molar-refractivity contribution in [2.75, 3.05) is 26.8 Å². The van der Waals surface area contributed by atoms with Crippen molar-refractivity contribution in [3.8, 4) is 17.2 Å². The van der Waals surface area contributed by atoms with E-state index in [9.17, 15) is 4.79 Å². The van der Waals surface area contributed by atoms with E-state index in [-0.39, 0.29) is 5.56 Å². The predicted molar refractivity (Wildman–Crippen MR) is 90.7 cm³/mol. The fraction of sp³-hybridized carbons (Fsp3) is 0.176. The van der Waals surface area contributed by atoms with E-state index in [2.05, 4.69) is 10.5 Å². The Hall–Kier alpha value is -3.22. The van der Waals surface area contributed by atoms with E-state index in [1.54, 1.807) is 30.5 Å². The van der Waals surface area contributed by atoms with Crippen LogP contribution in [0, 0.1) is 0 Å².